The highest BCUT2D eigenvalue weighted by molar-refractivity contribution is 7.08. The first-order valence-electron chi connectivity index (χ1n) is 4.67. The minimum Gasteiger partial charge on any atom is -0.313 e. The Labute approximate surface area is 77.8 Å². The normalized spacial score (nSPS) is 16.8. The van der Waals surface area contributed by atoms with E-state index in [9.17, 15) is 0 Å². The van der Waals surface area contributed by atoms with Gasteiger partial charge in [-0.05, 0) is 47.2 Å². The molecule has 1 saturated carbocycles. The second-order valence-corrected chi connectivity index (χ2v) is 4.15. The number of hydrogen-bond donors (Lipinski definition) is 1. The van der Waals surface area contributed by atoms with Gasteiger partial charge in [0, 0.05) is 6.54 Å². The number of nitrogens with one attached hydrogen (secondary N) is 1. The molecule has 0 unspecified atom stereocenters. The highest BCUT2D eigenvalue weighted by Gasteiger charge is 2.26. The molecule has 1 N–H and O–H groups in total. The molecule has 0 aromatic carbocycles. The van der Waals surface area contributed by atoms with Crippen LogP contribution in [-0.4, -0.2) is 6.54 Å². The van der Waals surface area contributed by atoms with Gasteiger partial charge in [-0.1, -0.05) is 6.92 Å². The van der Waals surface area contributed by atoms with Crippen LogP contribution in [0.5, 0.6) is 0 Å². The zero-order chi connectivity index (χ0) is 8.39. The van der Waals surface area contributed by atoms with Crippen molar-refractivity contribution in [3.8, 4) is 0 Å². The van der Waals surface area contributed by atoms with Gasteiger partial charge in [-0.25, -0.2) is 0 Å². The third-order valence-corrected chi connectivity index (χ3v) is 3.17. The van der Waals surface area contributed by atoms with Crippen LogP contribution in [0, 0.1) is 0 Å². The molecule has 1 aromatic rings. The van der Waals surface area contributed by atoms with Gasteiger partial charge in [0.2, 0.25) is 0 Å². The molecular weight excluding hydrogens is 166 g/mol. The Morgan fingerprint density at radius 3 is 3.00 bits per heavy atom. The predicted molar refractivity (Wildman–Crippen MR) is 53.7 cm³/mol. The zero-order valence-electron chi connectivity index (χ0n) is 7.47. The maximum Gasteiger partial charge on any atom is 0.0216 e. The lowest BCUT2D eigenvalue weighted by Crippen LogP contribution is -2.12. The van der Waals surface area contributed by atoms with Crippen molar-refractivity contribution in [2.24, 2.45) is 0 Å². The predicted octanol–water partition coefficient (Wildman–Crippen LogP) is 2.74. The minimum atomic E-state index is 0.907. The van der Waals surface area contributed by atoms with Gasteiger partial charge in [0.25, 0.3) is 0 Å². The van der Waals surface area contributed by atoms with Gasteiger partial charge in [-0.3, -0.25) is 0 Å². The van der Waals surface area contributed by atoms with E-state index in [1.165, 1.54) is 18.4 Å². The van der Waals surface area contributed by atoms with E-state index in [2.05, 4.69) is 23.0 Å². The first kappa shape index (κ1) is 8.27. The summed E-state index contributed by atoms with van der Waals surface area (Å²) in [4.78, 5) is 0. The number of rotatable bonds is 4. The molecule has 0 saturated heterocycles. The summed E-state index contributed by atoms with van der Waals surface area (Å²) < 4.78 is 0. The molecule has 0 atom stereocenters. The minimum absolute atomic E-state index is 0.907. The first-order chi connectivity index (χ1) is 5.92. The Morgan fingerprint density at radius 2 is 2.33 bits per heavy atom. The summed E-state index contributed by atoms with van der Waals surface area (Å²) in [6.45, 7) is 4.29. The maximum absolute atomic E-state index is 3.38. The van der Waals surface area contributed by atoms with Crippen LogP contribution in [0.3, 0.4) is 0 Å². The van der Waals surface area contributed by atoms with Crippen LogP contribution in [0.25, 0.3) is 0 Å². The van der Waals surface area contributed by atoms with Crippen molar-refractivity contribution >= 4 is 11.3 Å². The summed E-state index contributed by atoms with van der Waals surface area (Å²) in [6.07, 6.45) is 2.83. The third-order valence-electron chi connectivity index (χ3n) is 2.36. The summed E-state index contributed by atoms with van der Waals surface area (Å²) in [7, 11) is 0. The Morgan fingerprint density at radius 1 is 1.50 bits per heavy atom. The summed E-state index contributed by atoms with van der Waals surface area (Å²) in [6, 6.07) is 0. The van der Waals surface area contributed by atoms with Crippen LogP contribution >= 0.6 is 11.3 Å². The van der Waals surface area contributed by atoms with Gasteiger partial charge in [0.05, 0.1) is 0 Å². The molecule has 0 spiro atoms. The standard InChI is InChI=1S/C10H15NS/c1-2-11-5-9-6-12-7-10(9)8-3-4-8/h6-8,11H,2-5H2,1H3. The molecule has 0 amide bonds. The van der Waals surface area contributed by atoms with Crippen molar-refractivity contribution in [1.82, 2.24) is 5.32 Å². The number of hydrogen-bond acceptors (Lipinski definition) is 2. The van der Waals surface area contributed by atoms with Gasteiger partial charge in [0.1, 0.15) is 0 Å². The lowest BCUT2D eigenvalue weighted by molar-refractivity contribution is 0.722. The van der Waals surface area contributed by atoms with E-state index in [1.54, 1.807) is 5.56 Å². The summed E-state index contributed by atoms with van der Waals surface area (Å²) in [5, 5.41) is 7.99. The fraction of sp³-hybridized carbons (Fsp3) is 0.600. The largest absolute Gasteiger partial charge is 0.313 e. The Kier molecular flexibility index (Phi) is 2.47. The SMILES string of the molecule is CCNCc1cscc1C1CC1. The van der Waals surface area contributed by atoms with Gasteiger partial charge in [-0.15, -0.1) is 0 Å². The molecule has 1 fully saturated rings. The second-order valence-electron chi connectivity index (χ2n) is 3.41. The lowest BCUT2D eigenvalue weighted by atomic mass is 10.1. The Balaban J connectivity index is 2.03. The molecule has 0 bridgehead atoms. The first-order valence-corrected chi connectivity index (χ1v) is 5.61. The van der Waals surface area contributed by atoms with Crippen molar-refractivity contribution in [3.05, 3.63) is 21.9 Å². The van der Waals surface area contributed by atoms with E-state index in [0.29, 0.717) is 0 Å². The maximum atomic E-state index is 3.38. The summed E-state index contributed by atoms with van der Waals surface area (Å²) in [5.41, 5.74) is 3.14. The smallest absolute Gasteiger partial charge is 0.0216 e. The van der Waals surface area contributed by atoms with Crippen molar-refractivity contribution < 1.29 is 0 Å². The molecule has 1 heterocycles. The van der Waals surface area contributed by atoms with Gasteiger partial charge >= 0.3 is 0 Å². The molecule has 0 aliphatic heterocycles. The molecule has 12 heavy (non-hydrogen) atoms. The van der Waals surface area contributed by atoms with E-state index in [-0.39, 0.29) is 0 Å². The van der Waals surface area contributed by atoms with Crippen molar-refractivity contribution in [1.29, 1.82) is 0 Å². The monoisotopic (exact) mass is 181 g/mol. The average molecular weight is 181 g/mol. The lowest BCUT2D eigenvalue weighted by Gasteiger charge is -2.02. The zero-order valence-corrected chi connectivity index (χ0v) is 8.29. The Bertz CT molecular complexity index is 250. The topological polar surface area (TPSA) is 12.0 Å². The fourth-order valence-corrected chi connectivity index (χ4v) is 2.43. The Hall–Kier alpha value is -0.340. The van der Waals surface area contributed by atoms with E-state index < -0.39 is 0 Å². The van der Waals surface area contributed by atoms with Crippen molar-refractivity contribution in [3.63, 3.8) is 0 Å². The average Bonchev–Trinajstić information content (AvgIpc) is 2.83. The highest BCUT2D eigenvalue weighted by Crippen LogP contribution is 2.42. The number of thiophene rings is 1. The molecule has 1 aliphatic carbocycles. The van der Waals surface area contributed by atoms with E-state index >= 15 is 0 Å². The molecule has 2 rings (SSSR count). The molecule has 2 heteroatoms. The van der Waals surface area contributed by atoms with E-state index in [1.807, 2.05) is 11.3 Å². The molecular formula is C10H15NS. The van der Waals surface area contributed by atoms with Crippen LogP contribution in [0.15, 0.2) is 10.8 Å². The van der Waals surface area contributed by atoms with Crippen LogP contribution in [0.4, 0.5) is 0 Å². The third kappa shape index (κ3) is 1.70. The highest BCUT2D eigenvalue weighted by atomic mass is 32.1. The summed E-state index contributed by atoms with van der Waals surface area (Å²) >= 11 is 1.84. The molecule has 1 nitrogen and oxygen atoms in total. The second kappa shape index (κ2) is 3.58. The van der Waals surface area contributed by atoms with Crippen molar-refractivity contribution in [2.75, 3.05) is 6.54 Å². The van der Waals surface area contributed by atoms with E-state index in [4.69, 9.17) is 0 Å². The fourth-order valence-electron chi connectivity index (χ4n) is 1.49. The molecule has 1 aromatic heterocycles. The van der Waals surface area contributed by atoms with Gasteiger partial charge in [0.15, 0.2) is 0 Å². The van der Waals surface area contributed by atoms with Gasteiger partial charge < -0.3 is 5.32 Å². The van der Waals surface area contributed by atoms with E-state index in [0.717, 1.165) is 19.0 Å². The summed E-state index contributed by atoms with van der Waals surface area (Å²) in [5.74, 6) is 0.907. The quantitative estimate of drug-likeness (QED) is 0.753. The van der Waals surface area contributed by atoms with Crippen LogP contribution in [0.1, 0.15) is 36.8 Å². The van der Waals surface area contributed by atoms with Crippen LogP contribution in [0.2, 0.25) is 0 Å². The van der Waals surface area contributed by atoms with Gasteiger partial charge in [-0.2, -0.15) is 11.3 Å². The molecule has 66 valence electrons. The van der Waals surface area contributed by atoms with Crippen LogP contribution in [-0.2, 0) is 6.54 Å². The van der Waals surface area contributed by atoms with Crippen LogP contribution < -0.4 is 5.32 Å². The molecule has 0 radical (unpaired) electrons. The molecule has 1 aliphatic rings. The van der Waals surface area contributed by atoms with Crippen molar-refractivity contribution in [2.45, 2.75) is 32.2 Å².